The van der Waals surface area contributed by atoms with Crippen molar-refractivity contribution in [1.82, 2.24) is 0 Å². The molecule has 1 aromatic rings. The van der Waals surface area contributed by atoms with Crippen molar-refractivity contribution < 1.29 is 0 Å². The number of hydrogen-bond acceptors (Lipinski definition) is 0. The Hall–Kier alpha value is -1.04. The Balaban J connectivity index is 0.000001000. The molecule has 0 unspecified atom stereocenters. The maximum absolute atomic E-state index is 3.85. The van der Waals surface area contributed by atoms with Gasteiger partial charge in [0.1, 0.15) is 0 Å². The van der Waals surface area contributed by atoms with E-state index in [1.807, 2.05) is 13.0 Å². The Morgan fingerprint density at radius 1 is 1.27 bits per heavy atom. The van der Waals surface area contributed by atoms with E-state index < -0.39 is 0 Å². The first-order valence-electron chi connectivity index (χ1n) is 3.47. The lowest BCUT2D eigenvalue weighted by Crippen LogP contribution is -1.82. The van der Waals surface area contributed by atoms with Crippen LogP contribution in [-0.4, -0.2) is 0 Å². The Bertz CT molecular complexity index is 209. The number of rotatable bonds is 2. The molecule has 1 rings (SSSR count). The van der Waals surface area contributed by atoms with E-state index in [4.69, 9.17) is 0 Å². The minimum absolute atomic E-state index is 0. The Morgan fingerprint density at radius 3 is 2.27 bits per heavy atom. The molecule has 1 aromatic carbocycles. The zero-order chi connectivity index (χ0) is 7.40. The van der Waals surface area contributed by atoms with Gasteiger partial charge in [-0.25, -0.2) is 0 Å². The van der Waals surface area contributed by atoms with Gasteiger partial charge in [-0.2, -0.15) is 0 Å². The van der Waals surface area contributed by atoms with Crippen LogP contribution in [-0.2, 0) is 6.42 Å². The van der Waals surface area contributed by atoms with Crippen molar-refractivity contribution in [3.05, 3.63) is 55.5 Å². The fourth-order valence-electron chi connectivity index (χ4n) is 0.944. The van der Waals surface area contributed by atoms with Gasteiger partial charge in [0.25, 0.3) is 0 Å². The molecule has 0 aromatic heterocycles. The van der Waals surface area contributed by atoms with E-state index in [0.717, 1.165) is 6.42 Å². The zero-order valence-corrected chi connectivity index (χ0v) is 6.88. The first-order valence-corrected chi connectivity index (χ1v) is 3.47. The van der Waals surface area contributed by atoms with Crippen molar-refractivity contribution in [2.75, 3.05) is 0 Å². The summed E-state index contributed by atoms with van der Waals surface area (Å²) in [5.74, 6) is 0. The molecule has 0 heteroatoms. The molecule has 0 heterocycles. The molecule has 0 N–H and O–H groups in total. The molecule has 0 bridgehead atoms. The van der Waals surface area contributed by atoms with Crippen LogP contribution < -0.4 is 0 Å². The SMILES string of the molecule is C=C(C)Cc1ccccc1.[CH]. The molecule has 57 valence electrons. The topological polar surface area (TPSA) is 0 Å². The van der Waals surface area contributed by atoms with Crippen LogP contribution in [0.2, 0.25) is 0 Å². The lowest BCUT2D eigenvalue weighted by atomic mass is 10.1. The summed E-state index contributed by atoms with van der Waals surface area (Å²) in [5.41, 5.74) is 2.56. The second-order valence-electron chi connectivity index (χ2n) is 2.62. The smallest absolute Gasteiger partial charge is 0.00726 e. The van der Waals surface area contributed by atoms with Gasteiger partial charge in [0, 0.05) is 0 Å². The van der Waals surface area contributed by atoms with Gasteiger partial charge in [0.05, 0.1) is 0 Å². The summed E-state index contributed by atoms with van der Waals surface area (Å²) in [7, 11) is 0. The molecule has 0 aliphatic carbocycles. The number of allylic oxidation sites excluding steroid dienone is 1. The average Bonchev–Trinajstić information content (AvgIpc) is 1.88. The van der Waals surface area contributed by atoms with Gasteiger partial charge in [-0.15, -0.1) is 0 Å². The summed E-state index contributed by atoms with van der Waals surface area (Å²) in [6, 6.07) is 10.4. The van der Waals surface area contributed by atoms with Gasteiger partial charge < -0.3 is 0 Å². The maximum Gasteiger partial charge on any atom is -0.00726 e. The molecule has 0 nitrogen and oxygen atoms in total. The van der Waals surface area contributed by atoms with Gasteiger partial charge in [0.15, 0.2) is 0 Å². The van der Waals surface area contributed by atoms with E-state index in [-0.39, 0.29) is 7.43 Å². The third kappa shape index (κ3) is 3.61. The van der Waals surface area contributed by atoms with Gasteiger partial charge in [-0.3, -0.25) is 0 Å². The molecule has 3 radical (unpaired) electrons. The van der Waals surface area contributed by atoms with E-state index >= 15 is 0 Å². The summed E-state index contributed by atoms with van der Waals surface area (Å²) >= 11 is 0. The maximum atomic E-state index is 3.85. The predicted octanol–water partition coefficient (Wildman–Crippen LogP) is 3.01. The van der Waals surface area contributed by atoms with Crippen LogP contribution in [0.1, 0.15) is 12.5 Å². The van der Waals surface area contributed by atoms with Crippen LogP contribution in [0, 0.1) is 7.43 Å². The van der Waals surface area contributed by atoms with Crippen LogP contribution in [0.15, 0.2) is 42.5 Å². The molecule has 0 amide bonds. The molecule has 0 aliphatic heterocycles. The van der Waals surface area contributed by atoms with Gasteiger partial charge in [-0.05, 0) is 26.3 Å². The van der Waals surface area contributed by atoms with Crippen LogP contribution in [0.3, 0.4) is 0 Å². The van der Waals surface area contributed by atoms with Crippen molar-refractivity contribution >= 4 is 0 Å². The van der Waals surface area contributed by atoms with Crippen molar-refractivity contribution in [3.63, 3.8) is 0 Å². The first kappa shape index (κ1) is 9.96. The minimum Gasteiger partial charge on any atom is -0.0998 e. The standard InChI is InChI=1S/C10H12.CH/c1-9(2)8-10-6-4-3-5-7-10;/h3-7H,1,8H2,2H3;1H. The Kier molecular flexibility index (Phi) is 4.28. The highest BCUT2D eigenvalue weighted by Gasteiger charge is 1.88. The van der Waals surface area contributed by atoms with Crippen molar-refractivity contribution in [2.45, 2.75) is 13.3 Å². The second-order valence-corrected chi connectivity index (χ2v) is 2.62. The summed E-state index contributed by atoms with van der Waals surface area (Å²) in [4.78, 5) is 0. The fraction of sp³-hybridized carbons (Fsp3) is 0.182. The predicted molar refractivity (Wildman–Crippen MR) is 49.3 cm³/mol. The van der Waals surface area contributed by atoms with E-state index in [9.17, 15) is 0 Å². The fourth-order valence-corrected chi connectivity index (χ4v) is 0.944. The number of benzene rings is 1. The van der Waals surface area contributed by atoms with Gasteiger partial charge >= 0.3 is 0 Å². The summed E-state index contributed by atoms with van der Waals surface area (Å²) < 4.78 is 0. The Morgan fingerprint density at radius 2 is 1.82 bits per heavy atom. The molecule has 0 atom stereocenters. The van der Waals surface area contributed by atoms with Crippen LogP contribution in [0.25, 0.3) is 0 Å². The lowest BCUT2D eigenvalue weighted by molar-refractivity contribution is 1.15. The highest BCUT2D eigenvalue weighted by Crippen LogP contribution is 2.04. The third-order valence-corrected chi connectivity index (χ3v) is 1.35. The highest BCUT2D eigenvalue weighted by atomic mass is 13.9. The van der Waals surface area contributed by atoms with E-state index in [2.05, 4.69) is 30.8 Å². The molecule has 11 heavy (non-hydrogen) atoms. The van der Waals surface area contributed by atoms with E-state index in [0.29, 0.717) is 0 Å². The van der Waals surface area contributed by atoms with Gasteiger partial charge in [0.2, 0.25) is 0 Å². The molecule has 0 fully saturated rings. The monoisotopic (exact) mass is 145 g/mol. The van der Waals surface area contributed by atoms with E-state index in [1.54, 1.807) is 0 Å². The molecule has 0 spiro atoms. The van der Waals surface area contributed by atoms with Gasteiger partial charge in [-0.1, -0.05) is 42.5 Å². The summed E-state index contributed by atoms with van der Waals surface area (Å²) in [6.07, 6.45) is 1.00. The van der Waals surface area contributed by atoms with Crippen LogP contribution in [0.5, 0.6) is 0 Å². The first-order chi connectivity index (χ1) is 4.79. The zero-order valence-electron chi connectivity index (χ0n) is 6.88. The van der Waals surface area contributed by atoms with Crippen molar-refractivity contribution in [1.29, 1.82) is 0 Å². The number of hydrogen-bond donors (Lipinski definition) is 0. The Labute approximate surface area is 69.6 Å². The second kappa shape index (κ2) is 4.73. The molecule has 0 saturated carbocycles. The molecule has 0 saturated heterocycles. The molecular weight excluding hydrogens is 132 g/mol. The highest BCUT2D eigenvalue weighted by molar-refractivity contribution is 5.19. The van der Waals surface area contributed by atoms with Crippen LogP contribution in [0.4, 0.5) is 0 Å². The largest absolute Gasteiger partial charge is 0.0998 e. The normalized spacial score (nSPS) is 8.45. The average molecular weight is 145 g/mol. The third-order valence-electron chi connectivity index (χ3n) is 1.35. The summed E-state index contributed by atoms with van der Waals surface area (Å²) in [6.45, 7) is 5.90. The molecular formula is C11H13. The van der Waals surface area contributed by atoms with Crippen LogP contribution >= 0.6 is 0 Å². The van der Waals surface area contributed by atoms with Crippen molar-refractivity contribution in [3.8, 4) is 0 Å². The molecule has 0 aliphatic rings. The lowest BCUT2D eigenvalue weighted by Gasteiger charge is -1.97. The van der Waals surface area contributed by atoms with Crippen molar-refractivity contribution in [2.24, 2.45) is 0 Å². The minimum atomic E-state index is 0. The quantitative estimate of drug-likeness (QED) is 0.561. The van der Waals surface area contributed by atoms with E-state index in [1.165, 1.54) is 11.1 Å². The summed E-state index contributed by atoms with van der Waals surface area (Å²) in [5, 5.41) is 0.